The zero-order valence-electron chi connectivity index (χ0n) is 16.0. The van der Waals surface area contributed by atoms with Crippen molar-refractivity contribution in [3.05, 3.63) is 29.3 Å². The summed E-state index contributed by atoms with van der Waals surface area (Å²) < 4.78 is 117. The molecule has 16 heteroatoms. The Morgan fingerprint density at radius 1 is 1.15 bits per heavy atom. The number of rotatable bonds is 1. The van der Waals surface area contributed by atoms with E-state index in [0.717, 1.165) is 19.1 Å². The van der Waals surface area contributed by atoms with E-state index in [0.29, 0.717) is 11.1 Å². The maximum atomic E-state index is 13.2. The van der Waals surface area contributed by atoms with Gasteiger partial charge in [-0.05, 0) is 25.1 Å². The lowest BCUT2D eigenvalue weighted by Gasteiger charge is -2.26. The lowest BCUT2D eigenvalue weighted by atomic mass is 9.95. The van der Waals surface area contributed by atoms with Crippen molar-refractivity contribution in [1.82, 2.24) is 10.3 Å². The van der Waals surface area contributed by atoms with E-state index in [1.807, 2.05) is 0 Å². The highest BCUT2D eigenvalue weighted by Crippen LogP contribution is 2.40. The average molecular weight is 484 g/mol. The SMILES string of the molecule is CC12CC(C(F)(F)F)=NN1C(NC(=O)C(F)(F)F)=NC2=Nc1ccc(C#N)c(C(F)(F)F)c1. The van der Waals surface area contributed by atoms with Gasteiger partial charge in [0.1, 0.15) is 11.3 Å². The van der Waals surface area contributed by atoms with Crippen molar-refractivity contribution in [3.63, 3.8) is 0 Å². The fourth-order valence-corrected chi connectivity index (χ4v) is 3.00. The average Bonchev–Trinajstić information content (AvgIpc) is 3.14. The first-order valence-corrected chi connectivity index (χ1v) is 8.59. The van der Waals surface area contributed by atoms with Crippen LogP contribution in [0.4, 0.5) is 45.2 Å². The fraction of sp³-hybridized carbons (Fsp3) is 0.353. The Kier molecular flexibility index (Phi) is 5.43. The number of amidine groups is 1. The lowest BCUT2D eigenvalue weighted by molar-refractivity contribution is -0.172. The van der Waals surface area contributed by atoms with Gasteiger partial charge in [-0.2, -0.15) is 54.9 Å². The second-order valence-corrected chi connectivity index (χ2v) is 6.97. The molecule has 1 unspecified atom stereocenters. The third-order valence-electron chi connectivity index (χ3n) is 4.57. The van der Waals surface area contributed by atoms with Gasteiger partial charge in [0.05, 0.1) is 22.9 Å². The van der Waals surface area contributed by atoms with Crippen molar-refractivity contribution in [2.45, 2.75) is 37.4 Å². The first kappa shape index (κ1) is 24.0. The molecule has 2 aliphatic rings. The number of hydrazone groups is 1. The van der Waals surface area contributed by atoms with E-state index in [1.165, 1.54) is 11.4 Å². The summed E-state index contributed by atoms with van der Waals surface area (Å²) in [4.78, 5) is 18.6. The van der Waals surface area contributed by atoms with Gasteiger partial charge in [0.2, 0.25) is 5.96 Å². The summed E-state index contributed by atoms with van der Waals surface area (Å²) >= 11 is 0. The highest BCUT2D eigenvalue weighted by Gasteiger charge is 2.56. The first-order valence-electron chi connectivity index (χ1n) is 8.59. The fourth-order valence-electron chi connectivity index (χ4n) is 3.00. The number of fused-ring (bicyclic) bond motifs is 1. The van der Waals surface area contributed by atoms with Gasteiger partial charge in [-0.25, -0.2) is 10.0 Å². The van der Waals surface area contributed by atoms with Crippen molar-refractivity contribution < 1.29 is 44.3 Å². The Morgan fingerprint density at radius 2 is 1.79 bits per heavy atom. The summed E-state index contributed by atoms with van der Waals surface area (Å²) in [5, 5.41) is 13.7. The van der Waals surface area contributed by atoms with Crippen LogP contribution in [0.15, 0.2) is 33.3 Å². The molecular formula is C17H9F9N6O. The summed E-state index contributed by atoms with van der Waals surface area (Å²) in [6.45, 7) is 1.05. The number of nitriles is 1. The maximum absolute atomic E-state index is 13.2. The molecule has 1 aromatic rings. The number of alkyl halides is 9. The van der Waals surface area contributed by atoms with Gasteiger partial charge in [0, 0.05) is 6.42 Å². The van der Waals surface area contributed by atoms with Crippen LogP contribution in [0.1, 0.15) is 24.5 Å². The van der Waals surface area contributed by atoms with Crippen LogP contribution in [0.2, 0.25) is 0 Å². The zero-order chi connectivity index (χ0) is 25.0. The van der Waals surface area contributed by atoms with E-state index in [-0.39, 0.29) is 0 Å². The van der Waals surface area contributed by atoms with Crippen LogP contribution >= 0.6 is 0 Å². The van der Waals surface area contributed by atoms with Gasteiger partial charge in [-0.15, -0.1) is 0 Å². The summed E-state index contributed by atoms with van der Waals surface area (Å²) in [5.41, 5.74) is -6.03. The molecule has 0 aromatic heterocycles. The van der Waals surface area contributed by atoms with Gasteiger partial charge in [0.15, 0.2) is 5.84 Å². The number of carbonyl (C=O) groups excluding carboxylic acids is 1. The quantitative estimate of drug-likeness (QED) is 0.610. The zero-order valence-corrected chi connectivity index (χ0v) is 16.0. The molecule has 1 aromatic carbocycles. The van der Waals surface area contributed by atoms with Gasteiger partial charge in [0.25, 0.3) is 0 Å². The second kappa shape index (κ2) is 7.46. The van der Waals surface area contributed by atoms with Crippen molar-refractivity contribution in [2.75, 3.05) is 0 Å². The minimum absolute atomic E-state index is 0.368. The van der Waals surface area contributed by atoms with E-state index in [4.69, 9.17) is 5.26 Å². The summed E-state index contributed by atoms with van der Waals surface area (Å²) in [5.74, 6) is -4.23. The minimum Gasteiger partial charge on any atom is -0.287 e. The minimum atomic E-state index is -5.41. The Labute approximate surface area is 177 Å². The molecule has 0 spiro atoms. The number of guanidine groups is 1. The van der Waals surface area contributed by atoms with Crippen molar-refractivity contribution in [2.24, 2.45) is 15.1 Å². The van der Waals surface area contributed by atoms with E-state index < -0.39 is 70.7 Å². The number of nitrogens with zero attached hydrogens (tertiary/aromatic N) is 5. The van der Waals surface area contributed by atoms with Crippen LogP contribution in [0.25, 0.3) is 0 Å². The molecule has 1 amide bonds. The molecule has 0 aliphatic carbocycles. The Balaban J connectivity index is 2.11. The van der Waals surface area contributed by atoms with Crippen LogP contribution in [-0.2, 0) is 11.0 Å². The summed E-state index contributed by atoms with van der Waals surface area (Å²) in [7, 11) is 0. The number of carbonyl (C=O) groups is 1. The maximum Gasteiger partial charge on any atom is 0.471 e. The van der Waals surface area contributed by atoms with Crippen LogP contribution in [0.3, 0.4) is 0 Å². The van der Waals surface area contributed by atoms with E-state index in [1.54, 1.807) is 0 Å². The van der Waals surface area contributed by atoms with Crippen molar-refractivity contribution >= 4 is 29.1 Å². The predicted molar refractivity (Wildman–Crippen MR) is 93.2 cm³/mol. The molecule has 7 nitrogen and oxygen atoms in total. The Hall–Kier alpha value is -3.64. The molecule has 0 fully saturated rings. The third-order valence-corrected chi connectivity index (χ3v) is 4.57. The number of amides is 1. The van der Waals surface area contributed by atoms with Crippen LogP contribution in [-0.4, -0.2) is 46.3 Å². The van der Waals surface area contributed by atoms with Gasteiger partial charge in [-0.3, -0.25) is 10.1 Å². The Morgan fingerprint density at radius 3 is 2.30 bits per heavy atom. The number of aliphatic imine (C=N–C) groups is 2. The number of hydrogen-bond donors (Lipinski definition) is 1. The lowest BCUT2D eigenvalue weighted by Crippen LogP contribution is -2.50. The van der Waals surface area contributed by atoms with Crippen LogP contribution < -0.4 is 5.32 Å². The number of benzene rings is 1. The molecule has 1 N–H and O–H groups in total. The Bertz CT molecular complexity index is 1140. The topological polar surface area (TPSA) is 93.2 Å². The molecule has 176 valence electrons. The number of nitrogens with one attached hydrogen (secondary N) is 1. The van der Waals surface area contributed by atoms with E-state index in [9.17, 15) is 44.3 Å². The van der Waals surface area contributed by atoms with Crippen molar-refractivity contribution in [3.8, 4) is 6.07 Å². The second-order valence-electron chi connectivity index (χ2n) is 6.97. The molecule has 0 saturated carbocycles. The van der Waals surface area contributed by atoms with Gasteiger partial charge in [-0.1, -0.05) is 0 Å². The van der Waals surface area contributed by atoms with E-state index >= 15 is 0 Å². The van der Waals surface area contributed by atoms with Crippen molar-refractivity contribution in [1.29, 1.82) is 5.26 Å². The smallest absolute Gasteiger partial charge is 0.287 e. The molecule has 2 aliphatic heterocycles. The molecule has 0 bridgehead atoms. The molecule has 3 rings (SSSR count). The monoisotopic (exact) mass is 484 g/mol. The molecule has 0 radical (unpaired) electrons. The van der Waals surface area contributed by atoms with Crippen LogP contribution in [0.5, 0.6) is 0 Å². The van der Waals surface area contributed by atoms with Crippen LogP contribution in [0, 0.1) is 11.3 Å². The highest BCUT2D eigenvalue weighted by atomic mass is 19.4. The number of halogens is 9. The standard InChI is InChI=1S/C17H9F9N6O/c1-14-5-10(16(21,22)23)31-32(14)13(30-12(33)17(24,25)26)29-11(14)28-8-3-2-7(6-27)9(4-8)15(18,19)20/h2-4H,5H2,1H3,(H,28,29,30,33). The molecule has 1 atom stereocenters. The van der Waals surface area contributed by atoms with Gasteiger partial charge >= 0.3 is 24.4 Å². The molecule has 0 saturated heterocycles. The van der Waals surface area contributed by atoms with Gasteiger partial charge < -0.3 is 0 Å². The summed E-state index contributed by atoms with van der Waals surface area (Å²) in [6, 6.07) is 3.47. The number of hydrogen-bond acceptors (Lipinski definition) is 5. The third kappa shape index (κ3) is 4.47. The molecule has 33 heavy (non-hydrogen) atoms. The first-order chi connectivity index (χ1) is 15.0. The van der Waals surface area contributed by atoms with E-state index in [2.05, 4.69) is 15.1 Å². The normalized spacial score (nSPS) is 22.1. The molecule has 2 heterocycles. The summed E-state index contributed by atoms with van der Waals surface area (Å²) in [6.07, 6.45) is -16.3. The predicted octanol–water partition coefficient (Wildman–Crippen LogP) is 4.04. The highest BCUT2D eigenvalue weighted by molar-refractivity contribution is 6.16. The molecular weight excluding hydrogens is 475 g/mol. The largest absolute Gasteiger partial charge is 0.471 e.